The van der Waals surface area contributed by atoms with E-state index < -0.39 is 0 Å². The second-order valence-electron chi connectivity index (χ2n) is 4.74. The molecule has 0 aliphatic carbocycles. The minimum Gasteiger partial charge on any atom is -0.493 e. The van der Waals surface area contributed by atoms with Crippen LogP contribution in [0.1, 0.15) is 0 Å². The zero-order valence-corrected chi connectivity index (χ0v) is 12.3. The summed E-state index contributed by atoms with van der Waals surface area (Å²) in [5, 5.41) is 10.4. The Bertz CT molecular complexity index is 626. The van der Waals surface area contributed by atoms with Gasteiger partial charge in [0.25, 0.3) is 5.56 Å². The SMILES string of the molecule is C[NH+](C)CCSc1nc(O)c(-c2ccccc2)c(=O)[nH]1. The molecule has 0 bridgehead atoms. The van der Waals surface area contributed by atoms with Gasteiger partial charge in [0.2, 0.25) is 5.88 Å². The van der Waals surface area contributed by atoms with Crippen LogP contribution in [0.3, 0.4) is 0 Å². The van der Waals surface area contributed by atoms with Gasteiger partial charge in [-0.1, -0.05) is 42.1 Å². The summed E-state index contributed by atoms with van der Waals surface area (Å²) < 4.78 is 0. The highest BCUT2D eigenvalue weighted by Gasteiger charge is 2.13. The normalized spacial score (nSPS) is 10.9. The number of hydrogen-bond donors (Lipinski definition) is 3. The number of nitrogens with zero attached hydrogens (tertiary/aromatic N) is 1. The van der Waals surface area contributed by atoms with Gasteiger partial charge in [0, 0.05) is 0 Å². The third kappa shape index (κ3) is 3.61. The van der Waals surface area contributed by atoms with Crippen molar-refractivity contribution in [3.8, 4) is 17.0 Å². The predicted molar refractivity (Wildman–Crippen MR) is 80.4 cm³/mol. The van der Waals surface area contributed by atoms with Crippen LogP contribution < -0.4 is 10.5 Å². The number of benzene rings is 1. The molecule has 0 saturated carbocycles. The first-order valence-electron chi connectivity index (χ1n) is 6.38. The van der Waals surface area contributed by atoms with Gasteiger partial charge in [0.1, 0.15) is 5.56 Å². The van der Waals surface area contributed by atoms with E-state index in [1.165, 1.54) is 16.7 Å². The molecule has 106 valence electrons. The van der Waals surface area contributed by atoms with Crippen molar-refractivity contribution >= 4 is 11.8 Å². The van der Waals surface area contributed by atoms with Crippen LogP contribution in [0.5, 0.6) is 5.88 Å². The van der Waals surface area contributed by atoms with E-state index in [9.17, 15) is 9.90 Å². The summed E-state index contributed by atoms with van der Waals surface area (Å²) in [5.74, 6) is 0.606. The number of hydrogen-bond acceptors (Lipinski definition) is 4. The van der Waals surface area contributed by atoms with Crippen LogP contribution in [0.15, 0.2) is 40.3 Å². The number of aromatic hydroxyl groups is 1. The summed E-state index contributed by atoms with van der Waals surface area (Å²) in [5.41, 5.74) is 0.560. The minimum absolute atomic E-state index is 0.216. The topological polar surface area (TPSA) is 70.4 Å². The predicted octanol–water partition coefficient (Wildman–Crippen LogP) is 0.379. The first kappa shape index (κ1) is 14.6. The highest BCUT2D eigenvalue weighted by molar-refractivity contribution is 7.99. The number of thioether (sulfide) groups is 1. The molecule has 5 nitrogen and oxygen atoms in total. The van der Waals surface area contributed by atoms with E-state index in [-0.39, 0.29) is 17.0 Å². The van der Waals surface area contributed by atoms with Gasteiger partial charge in [-0.15, -0.1) is 0 Å². The van der Waals surface area contributed by atoms with Crippen molar-refractivity contribution in [1.29, 1.82) is 0 Å². The van der Waals surface area contributed by atoms with Gasteiger partial charge in [0.15, 0.2) is 5.16 Å². The second kappa shape index (κ2) is 6.58. The Hall–Kier alpha value is -1.79. The minimum atomic E-state index is -0.316. The lowest BCUT2D eigenvalue weighted by Crippen LogP contribution is -3.06. The first-order valence-corrected chi connectivity index (χ1v) is 7.37. The molecule has 0 spiro atoms. The molecule has 0 aliphatic rings. The Balaban J connectivity index is 2.24. The van der Waals surface area contributed by atoms with Crippen LogP contribution >= 0.6 is 11.8 Å². The summed E-state index contributed by atoms with van der Waals surface area (Å²) >= 11 is 1.43. The van der Waals surface area contributed by atoms with E-state index in [1.807, 2.05) is 18.2 Å². The van der Waals surface area contributed by atoms with Crippen LogP contribution in [0.2, 0.25) is 0 Å². The van der Waals surface area contributed by atoms with Crippen LogP contribution in [-0.4, -0.2) is 41.5 Å². The Kier molecular flexibility index (Phi) is 4.81. The van der Waals surface area contributed by atoms with Gasteiger partial charge in [-0.2, -0.15) is 4.98 Å². The average molecular weight is 292 g/mol. The number of aromatic nitrogens is 2. The molecule has 0 aliphatic heterocycles. The summed E-state index contributed by atoms with van der Waals surface area (Å²) in [6, 6.07) is 9.03. The lowest BCUT2D eigenvalue weighted by Gasteiger charge is -2.07. The molecule has 1 aromatic carbocycles. The number of rotatable bonds is 5. The monoisotopic (exact) mass is 292 g/mol. The summed E-state index contributed by atoms with van der Waals surface area (Å²) in [6.07, 6.45) is 0. The van der Waals surface area contributed by atoms with Crippen molar-refractivity contribution in [1.82, 2.24) is 9.97 Å². The van der Waals surface area contributed by atoms with Crippen molar-refractivity contribution in [2.24, 2.45) is 0 Å². The van der Waals surface area contributed by atoms with Gasteiger partial charge in [-0.05, 0) is 5.56 Å². The molecule has 1 aromatic heterocycles. The third-order valence-corrected chi connectivity index (χ3v) is 3.66. The van der Waals surface area contributed by atoms with Gasteiger partial charge < -0.3 is 15.0 Å². The molecule has 0 atom stereocenters. The van der Waals surface area contributed by atoms with E-state index in [0.29, 0.717) is 10.7 Å². The molecule has 20 heavy (non-hydrogen) atoms. The fourth-order valence-corrected chi connectivity index (χ4v) is 2.75. The smallest absolute Gasteiger partial charge is 0.263 e. The van der Waals surface area contributed by atoms with Crippen molar-refractivity contribution in [3.05, 3.63) is 40.7 Å². The van der Waals surface area contributed by atoms with Crippen LogP contribution in [0.25, 0.3) is 11.1 Å². The summed E-state index contributed by atoms with van der Waals surface area (Å²) in [4.78, 5) is 20.2. The van der Waals surface area contributed by atoms with Gasteiger partial charge in [-0.25, -0.2) is 0 Å². The van der Waals surface area contributed by atoms with E-state index >= 15 is 0 Å². The molecule has 0 unspecified atom stereocenters. The number of nitrogens with one attached hydrogen (secondary N) is 2. The van der Waals surface area contributed by atoms with E-state index in [4.69, 9.17) is 0 Å². The van der Waals surface area contributed by atoms with Crippen LogP contribution in [-0.2, 0) is 0 Å². The molecule has 0 fully saturated rings. The molecule has 2 aromatic rings. The quantitative estimate of drug-likeness (QED) is 0.550. The number of quaternary nitrogens is 1. The lowest BCUT2D eigenvalue weighted by molar-refractivity contribution is -0.855. The lowest BCUT2D eigenvalue weighted by atomic mass is 10.1. The van der Waals surface area contributed by atoms with Crippen molar-refractivity contribution in [2.75, 3.05) is 26.4 Å². The molecular weight excluding hydrogens is 274 g/mol. The number of aromatic amines is 1. The largest absolute Gasteiger partial charge is 0.493 e. The van der Waals surface area contributed by atoms with Crippen molar-refractivity contribution in [2.45, 2.75) is 5.16 Å². The fourth-order valence-electron chi connectivity index (χ4n) is 1.73. The highest BCUT2D eigenvalue weighted by Crippen LogP contribution is 2.24. The molecule has 6 heteroatoms. The molecule has 3 N–H and O–H groups in total. The maximum Gasteiger partial charge on any atom is 0.263 e. The van der Waals surface area contributed by atoms with E-state index in [1.54, 1.807) is 12.1 Å². The fraction of sp³-hybridized carbons (Fsp3) is 0.286. The third-order valence-electron chi connectivity index (χ3n) is 2.78. The zero-order chi connectivity index (χ0) is 14.5. The van der Waals surface area contributed by atoms with Crippen LogP contribution in [0, 0.1) is 0 Å². The Morgan fingerprint density at radius 3 is 2.60 bits per heavy atom. The molecule has 0 amide bonds. The number of H-pyrrole nitrogens is 1. The molecule has 1 heterocycles. The van der Waals surface area contributed by atoms with E-state index in [0.717, 1.165) is 12.3 Å². The Morgan fingerprint density at radius 2 is 2.00 bits per heavy atom. The van der Waals surface area contributed by atoms with Crippen LogP contribution in [0.4, 0.5) is 0 Å². The summed E-state index contributed by atoms with van der Waals surface area (Å²) in [7, 11) is 4.12. The van der Waals surface area contributed by atoms with E-state index in [2.05, 4.69) is 24.1 Å². The molecule has 0 radical (unpaired) electrons. The molecule has 2 rings (SSSR count). The maximum absolute atomic E-state index is 12.1. The highest BCUT2D eigenvalue weighted by atomic mass is 32.2. The van der Waals surface area contributed by atoms with Crippen molar-refractivity contribution < 1.29 is 10.0 Å². The standard InChI is InChI=1S/C14H17N3O2S/c1-17(2)8-9-20-14-15-12(18)11(13(19)16-14)10-6-4-3-5-7-10/h3-7H,8-9H2,1-2H3,(H2,15,16,18,19)/p+1. The maximum atomic E-state index is 12.1. The second-order valence-corrected chi connectivity index (χ2v) is 5.82. The van der Waals surface area contributed by atoms with Crippen molar-refractivity contribution in [3.63, 3.8) is 0 Å². The molecule has 0 saturated heterocycles. The summed E-state index contributed by atoms with van der Waals surface area (Å²) in [6.45, 7) is 0.954. The Labute approximate surface area is 121 Å². The van der Waals surface area contributed by atoms with Gasteiger partial charge in [0.05, 0.1) is 26.4 Å². The average Bonchev–Trinajstić information content (AvgIpc) is 2.38. The molecular formula is C14H18N3O2S+. The van der Waals surface area contributed by atoms with Gasteiger partial charge >= 0.3 is 0 Å². The first-order chi connectivity index (χ1) is 9.58. The Morgan fingerprint density at radius 1 is 1.30 bits per heavy atom. The van der Waals surface area contributed by atoms with Gasteiger partial charge in [-0.3, -0.25) is 4.79 Å². The zero-order valence-electron chi connectivity index (χ0n) is 11.5.